The Labute approximate surface area is 130 Å². The van der Waals surface area contributed by atoms with Gasteiger partial charge in [0.05, 0.1) is 0 Å². The quantitative estimate of drug-likeness (QED) is 0.874. The summed E-state index contributed by atoms with van der Waals surface area (Å²) in [5, 5.41) is 0. The summed E-state index contributed by atoms with van der Waals surface area (Å²) < 4.78 is 5.78. The van der Waals surface area contributed by atoms with Crippen molar-refractivity contribution in [2.24, 2.45) is 0 Å². The van der Waals surface area contributed by atoms with Gasteiger partial charge in [-0.3, -0.25) is 4.90 Å². The van der Waals surface area contributed by atoms with Gasteiger partial charge in [0.1, 0.15) is 18.2 Å². The van der Waals surface area contributed by atoms with Gasteiger partial charge in [-0.1, -0.05) is 12.1 Å². The minimum absolute atomic E-state index is 0.183. The Morgan fingerprint density at radius 1 is 1.09 bits per heavy atom. The highest BCUT2D eigenvalue weighted by Gasteiger charge is 2.11. The van der Waals surface area contributed by atoms with Gasteiger partial charge in [-0.2, -0.15) is 4.98 Å². The summed E-state index contributed by atoms with van der Waals surface area (Å²) in [5.41, 5.74) is 13.1. The van der Waals surface area contributed by atoms with Crippen LogP contribution < -0.4 is 16.2 Å². The number of rotatable bonds is 5. The smallest absolute Gasteiger partial charge is 0.221 e. The average Bonchev–Trinajstić information content (AvgIpc) is 3.02. The van der Waals surface area contributed by atoms with Gasteiger partial charge in [0.15, 0.2) is 0 Å². The molecule has 4 N–H and O–H groups in total. The lowest BCUT2D eigenvalue weighted by molar-refractivity contribution is 0.238. The molecule has 0 radical (unpaired) electrons. The number of benzene rings is 1. The summed E-state index contributed by atoms with van der Waals surface area (Å²) in [5.74, 6) is 1.43. The van der Waals surface area contributed by atoms with Gasteiger partial charge in [-0.15, -0.1) is 0 Å². The Hall–Kier alpha value is -2.34. The van der Waals surface area contributed by atoms with Crippen LogP contribution in [0.3, 0.4) is 0 Å². The Balaban J connectivity index is 1.59. The van der Waals surface area contributed by atoms with E-state index in [4.69, 9.17) is 16.2 Å². The van der Waals surface area contributed by atoms with Crippen molar-refractivity contribution in [1.29, 1.82) is 0 Å². The van der Waals surface area contributed by atoms with E-state index in [0.29, 0.717) is 12.4 Å². The highest BCUT2D eigenvalue weighted by atomic mass is 16.5. The molecule has 1 aromatic heterocycles. The molecule has 1 aliphatic heterocycles. The van der Waals surface area contributed by atoms with Crippen LogP contribution in [-0.2, 0) is 0 Å². The summed E-state index contributed by atoms with van der Waals surface area (Å²) >= 11 is 0. The maximum Gasteiger partial charge on any atom is 0.221 e. The van der Waals surface area contributed by atoms with Gasteiger partial charge >= 0.3 is 0 Å². The second-order valence-electron chi connectivity index (χ2n) is 5.45. The fourth-order valence-corrected chi connectivity index (χ4v) is 2.66. The van der Waals surface area contributed by atoms with Crippen LogP contribution in [0.2, 0.25) is 0 Å². The largest absolute Gasteiger partial charge is 0.492 e. The molecule has 0 aliphatic carbocycles. The number of nitrogens with two attached hydrogens (primary N) is 2. The summed E-state index contributed by atoms with van der Waals surface area (Å²) in [7, 11) is 0. The molecule has 1 aliphatic rings. The molecule has 0 spiro atoms. The van der Waals surface area contributed by atoms with Gasteiger partial charge in [0, 0.05) is 18.3 Å². The molecule has 0 saturated carbocycles. The van der Waals surface area contributed by atoms with Crippen molar-refractivity contribution >= 4 is 11.8 Å². The van der Waals surface area contributed by atoms with Crippen LogP contribution >= 0.6 is 0 Å². The van der Waals surface area contributed by atoms with E-state index in [-0.39, 0.29) is 5.95 Å². The van der Waals surface area contributed by atoms with E-state index in [1.807, 2.05) is 24.3 Å². The predicted octanol–water partition coefficient (Wildman–Crippen LogP) is 1.78. The molecule has 0 amide bonds. The lowest BCUT2D eigenvalue weighted by Crippen LogP contribution is -2.25. The van der Waals surface area contributed by atoms with Gasteiger partial charge in [0.25, 0.3) is 0 Å². The van der Waals surface area contributed by atoms with E-state index >= 15 is 0 Å². The van der Waals surface area contributed by atoms with Crippen LogP contribution in [0.1, 0.15) is 12.8 Å². The molecule has 1 aromatic carbocycles. The zero-order valence-electron chi connectivity index (χ0n) is 12.5. The van der Waals surface area contributed by atoms with Crippen LogP contribution in [0.15, 0.2) is 30.5 Å². The fraction of sp³-hybridized carbons (Fsp3) is 0.375. The summed E-state index contributed by atoms with van der Waals surface area (Å²) in [6.07, 6.45) is 4.25. The van der Waals surface area contributed by atoms with Gasteiger partial charge in [0.2, 0.25) is 5.95 Å². The number of aromatic nitrogens is 2. The Morgan fingerprint density at radius 3 is 2.50 bits per heavy atom. The van der Waals surface area contributed by atoms with Crippen molar-refractivity contribution in [3.63, 3.8) is 0 Å². The molecule has 22 heavy (non-hydrogen) atoms. The monoisotopic (exact) mass is 299 g/mol. The number of nitrogen functional groups attached to an aromatic ring is 2. The number of nitrogens with zero attached hydrogens (tertiary/aromatic N) is 3. The van der Waals surface area contributed by atoms with E-state index in [9.17, 15) is 0 Å². The van der Waals surface area contributed by atoms with Crippen LogP contribution in [0, 0.1) is 0 Å². The van der Waals surface area contributed by atoms with Gasteiger partial charge < -0.3 is 16.2 Å². The first kappa shape index (κ1) is 14.6. The second kappa shape index (κ2) is 6.62. The molecule has 1 fully saturated rings. The molecule has 0 atom stereocenters. The summed E-state index contributed by atoms with van der Waals surface area (Å²) in [6.45, 7) is 4.09. The lowest BCUT2D eigenvalue weighted by Gasteiger charge is -2.15. The maximum atomic E-state index is 5.87. The number of likely N-dealkylation sites (tertiary alicyclic amines) is 1. The topological polar surface area (TPSA) is 90.3 Å². The van der Waals surface area contributed by atoms with Gasteiger partial charge in [-0.05, 0) is 43.6 Å². The van der Waals surface area contributed by atoms with Crippen molar-refractivity contribution < 1.29 is 4.74 Å². The van der Waals surface area contributed by atoms with E-state index < -0.39 is 0 Å². The van der Waals surface area contributed by atoms with Crippen molar-refractivity contribution in [3.05, 3.63) is 30.5 Å². The van der Waals surface area contributed by atoms with Crippen LogP contribution in [0.4, 0.5) is 11.8 Å². The molecular formula is C16H21N5O. The number of anilines is 2. The molecular weight excluding hydrogens is 278 g/mol. The van der Waals surface area contributed by atoms with Gasteiger partial charge in [-0.25, -0.2) is 4.98 Å². The maximum absolute atomic E-state index is 5.87. The molecule has 0 unspecified atom stereocenters. The summed E-state index contributed by atoms with van der Waals surface area (Å²) in [6, 6.07) is 7.79. The molecule has 116 valence electrons. The third-order valence-electron chi connectivity index (χ3n) is 3.88. The van der Waals surface area contributed by atoms with E-state index in [1.54, 1.807) is 6.20 Å². The number of ether oxygens (including phenoxy) is 1. The SMILES string of the molecule is Nc1ncc(-c2ccc(OCCN3CCCC3)cc2)c(N)n1. The number of hydrogen-bond donors (Lipinski definition) is 2. The normalized spacial score (nSPS) is 15.1. The zero-order valence-corrected chi connectivity index (χ0v) is 12.5. The van der Waals surface area contributed by atoms with Crippen molar-refractivity contribution in [3.8, 4) is 16.9 Å². The lowest BCUT2D eigenvalue weighted by atomic mass is 10.1. The van der Waals surface area contributed by atoms with E-state index in [1.165, 1.54) is 25.9 Å². The van der Waals surface area contributed by atoms with E-state index in [2.05, 4.69) is 14.9 Å². The van der Waals surface area contributed by atoms with Crippen molar-refractivity contribution in [2.45, 2.75) is 12.8 Å². The molecule has 2 heterocycles. The highest BCUT2D eigenvalue weighted by Crippen LogP contribution is 2.26. The van der Waals surface area contributed by atoms with Crippen molar-refractivity contribution in [1.82, 2.24) is 14.9 Å². The third-order valence-corrected chi connectivity index (χ3v) is 3.88. The first-order chi connectivity index (χ1) is 10.7. The third kappa shape index (κ3) is 3.46. The molecule has 3 rings (SSSR count). The molecule has 6 nitrogen and oxygen atoms in total. The Kier molecular flexibility index (Phi) is 4.39. The Bertz CT molecular complexity index is 623. The molecule has 2 aromatic rings. The minimum Gasteiger partial charge on any atom is -0.492 e. The minimum atomic E-state index is 0.183. The standard InChI is InChI=1S/C16H21N5O/c17-15-14(11-19-16(18)20-15)12-3-5-13(6-4-12)22-10-9-21-7-1-2-8-21/h3-6,11H,1-2,7-10H2,(H4,17,18,19,20). The second-order valence-corrected chi connectivity index (χ2v) is 5.45. The highest BCUT2D eigenvalue weighted by molar-refractivity contribution is 5.73. The number of hydrogen-bond acceptors (Lipinski definition) is 6. The van der Waals surface area contributed by atoms with Crippen LogP contribution in [0.25, 0.3) is 11.1 Å². The molecule has 6 heteroatoms. The van der Waals surface area contributed by atoms with Crippen LogP contribution in [0.5, 0.6) is 5.75 Å². The first-order valence-corrected chi connectivity index (χ1v) is 7.56. The van der Waals surface area contributed by atoms with E-state index in [0.717, 1.165) is 23.4 Å². The van der Waals surface area contributed by atoms with Crippen LogP contribution in [-0.4, -0.2) is 41.1 Å². The first-order valence-electron chi connectivity index (χ1n) is 7.56. The Morgan fingerprint density at radius 2 is 1.82 bits per heavy atom. The summed E-state index contributed by atoms with van der Waals surface area (Å²) in [4.78, 5) is 10.4. The predicted molar refractivity (Wildman–Crippen MR) is 87.5 cm³/mol. The zero-order chi connectivity index (χ0) is 15.4. The fourth-order valence-electron chi connectivity index (χ4n) is 2.66. The molecule has 0 bridgehead atoms. The molecule has 1 saturated heterocycles. The average molecular weight is 299 g/mol. The van der Waals surface area contributed by atoms with Crippen molar-refractivity contribution in [2.75, 3.05) is 37.7 Å².